The minimum Gasteiger partial charge on any atom is -0.406 e. The second-order valence-electron chi connectivity index (χ2n) is 7.34. The molecule has 11 heteroatoms. The van der Waals surface area contributed by atoms with Crippen LogP contribution < -0.4 is 10.5 Å². The third-order valence-corrected chi connectivity index (χ3v) is 6.97. The molecule has 0 aliphatic heterocycles. The molecule has 32 heavy (non-hydrogen) atoms. The van der Waals surface area contributed by atoms with Crippen LogP contribution in [0.25, 0.3) is 11.0 Å². The van der Waals surface area contributed by atoms with Gasteiger partial charge in [-0.1, -0.05) is 18.2 Å². The Morgan fingerprint density at radius 2 is 1.78 bits per heavy atom. The van der Waals surface area contributed by atoms with Crippen LogP contribution in [0.1, 0.15) is 31.4 Å². The number of nitrogen functional groups attached to an aromatic ring is 1. The van der Waals surface area contributed by atoms with Crippen molar-refractivity contribution in [1.82, 2.24) is 8.96 Å². The van der Waals surface area contributed by atoms with E-state index >= 15 is 0 Å². The van der Waals surface area contributed by atoms with Gasteiger partial charge >= 0.3 is 6.36 Å². The standard InChI is InChI=1S/C21H20F3N3O4S/c1-4-11-20(28,14-5-8-16(9-6-14)31-21(22,23)24)15-7-10-17-18(12-15)27(19(25)26-17)32(29,30)13(2)3/h1,5-10,12-13,28H,11H2,2-3H3,(H2,25,26). The van der Waals surface area contributed by atoms with Crippen molar-refractivity contribution >= 4 is 27.0 Å². The highest BCUT2D eigenvalue weighted by Gasteiger charge is 2.34. The number of nitrogens with zero attached hydrogens (tertiary/aromatic N) is 2. The summed E-state index contributed by atoms with van der Waals surface area (Å²) in [5.41, 5.74) is 4.85. The summed E-state index contributed by atoms with van der Waals surface area (Å²) in [6, 6.07) is 8.98. The fraction of sp³-hybridized carbons (Fsp3) is 0.286. The zero-order valence-electron chi connectivity index (χ0n) is 17.1. The molecule has 3 N–H and O–H groups in total. The van der Waals surface area contributed by atoms with Crippen molar-refractivity contribution in [3.05, 3.63) is 53.6 Å². The summed E-state index contributed by atoms with van der Waals surface area (Å²) in [5, 5.41) is 10.6. The lowest BCUT2D eigenvalue weighted by atomic mass is 9.83. The molecule has 0 radical (unpaired) electrons. The van der Waals surface area contributed by atoms with Gasteiger partial charge in [-0.15, -0.1) is 25.5 Å². The monoisotopic (exact) mass is 467 g/mol. The number of nitrogens with two attached hydrogens (primary N) is 1. The summed E-state index contributed by atoms with van der Waals surface area (Å²) < 4.78 is 67.6. The number of benzene rings is 2. The third kappa shape index (κ3) is 4.24. The van der Waals surface area contributed by atoms with Crippen molar-refractivity contribution in [3.63, 3.8) is 0 Å². The number of imidazole rings is 1. The van der Waals surface area contributed by atoms with Crippen LogP contribution in [0.4, 0.5) is 19.1 Å². The second kappa shape index (κ2) is 8.03. The zero-order valence-corrected chi connectivity index (χ0v) is 17.9. The number of alkyl halides is 3. The number of hydrogen-bond donors (Lipinski definition) is 2. The molecule has 3 rings (SSSR count). The van der Waals surface area contributed by atoms with E-state index in [1.165, 1.54) is 44.2 Å². The van der Waals surface area contributed by atoms with Crippen LogP contribution in [0.5, 0.6) is 5.75 Å². The van der Waals surface area contributed by atoms with E-state index in [4.69, 9.17) is 12.2 Å². The van der Waals surface area contributed by atoms with Gasteiger partial charge in [-0.2, -0.15) is 0 Å². The predicted molar refractivity (Wildman–Crippen MR) is 113 cm³/mol. The number of anilines is 1. The summed E-state index contributed by atoms with van der Waals surface area (Å²) in [4.78, 5) is 4.07. The van der Waals surface area contributed by atoms with Crippen LogP contribution in [-0.4, -0.2) is 34.1 Å². The highest BCUT2D eigenvalue weighted by molar-refractivity contribution is 7.90. The van der Waals surface area contributed by atoms with Gasteiger partial charge in [0.2, 0.25) is 16.0 Å². The Labute approximate surface area is 182 Å². The van der Waals surface area contributed by atoms with Gasteiger partial charge in [-0.25, -0.2) is 17.4 Å². The van der Waals surface area contributed by atoms with Gasteiger partial charge in [0.1, 0.15) is 11.4 Å². The van der Waals surface area contributed by atoms with Gasteiger partial charge in [0, 0.05) is 6.42 Å². The van der Waals surface area contributed by atoms with Crippen LogP contribution in [0, 0.1) is 12.3 Å². The number of ether oxygens (including phenoxy) is 1. The van der Waals surface area contributed by atoms with Crippen molar-refractivity contribution in [2.75, 3.05) is 5.73 Å². The quantitative estimate of drug-likeness (QED) is 0.539. The minimum atomic E-state index is -4.86. The number of rotatable bonds is 6. The molecule has 0 amide bonds. The number of terminal acetylenes is 1. The highest BCUT2D eigenvalue weighted by Crippen LogP contribution is 2.36. The molecule has 7 nitrogen and oxygen atoms in total. The van der Waals surface area contributed by atoms with Crippen LogP contribution in [0.2, 0.25) is 0 Å². The molecule has 0 saturated carbocycles. The lowest BCUT2D eigenvalue weighted by Gasteiger charge is -2.28. The van der Waals surface area contributed by atoms with E-state index in [9.17, 15) is 26.7 Å². The van der Waals surface area contributed by atoms with Gasteiger partial charge in [0.15, 0.2) is 0 Å². The van der Waals surface area contributed by atoms with Crippen molar-refractivity contribution < 1.29 is 31.4 Å². The smallest absolute Gasteiger partial charge is 0.406 e. The molecule has 0 fully saturated rings. The van der Waals surface area contributed by atoms with Crippen LogP contribution >= 0.6 is 0 Å². The highest BCUT2D eigenvalue weighted by atomic mass is 32.2. The molecule has 0 bridgehead atoms. The average Bonchev–Trinajstić information content (AvgIpc) is 3.02. The number of fused-ring (bicyclic) bond motifs is 1. The summed E-state index contributed by atoms with van der Waals surface area (Å²) in [6.07, 6.45) is 0.344. The second-order valence-corrected chi connectivity index (χ2v) is 9.68. The Balaban J connectivity index is 2.16. The van der Waals surface area contributed by atoms with E-state index in [0.29, 0.717) is 0 Å². The molecule has 0 aliphatic carbocycles. The predicted octanol–water partition coefficient (Wildman–Crippen LogP) is 3.36. The molecular weight excluding hydrogens is 447 g/mol. The Hall–Kier alpha value is -3.23. The van der Waals surface area contributed by atoms with Crippen molar-refractivity contribution in [3.8, 4) is 18.1 Å². The first kappa shape index (κ1) is 23.4. The SMILES string of the molecule is C#CCC(O)(c1ccc(OC(F)(F)F)cc1)c1ccc2nc(N)n(S(=O)(=O)C(C)C)c2c1. The number of aromatic nitrogens is 2. The van der Waals surface area contributed by atoms with Crippen molar-refractivity contribution in [2.45, 2.75) is 37.5 Å². The van der Waals surface area contributed by atoms with Gasteiger partial charge in [0.05, 0.1) is 16.3 Å². The average molecular weight is 467 g/mol. The molecule has 0 saturated heterocycles. The first-order valence-corrected chi connectivity index (χ1v) is 10.8. The van der Waals surface area contributed by atoms with Crippen molar-refractivity contribution in [1.29, 1.82) is 0 Å². The minimum absolute atomic E-state index is 0.140. The normalized spacial score (nSPS) is 14.3. The molecule has 1 heterocycles. The van der Waals surface area contributed by atoms with E-state index < -0.39 is 33.0 Å². The van der Waals surface area contributed by atoms with Gasteiger partial charge in [-0.3, -0.25) is 0 Å². The first-order valence-electron chi connectivity index (χ1n) is 9.34. The van der Waals surface area contributed by atoms with E-state index in [0.717, 1.165) is 16.1 Å². The number of halogens is 3. The molecule has 1 aromatic heterocycles. The molecule has 1 unspecified atom stereocenters. The van der Waals surface area contributed by atoms with E-state index in [1.807, 2.05) is 0 Å². The maximum atomic E-state index is 12.8. The summed E-state index contributed by atoms with van der Waals surface area (Å²) in [6.45, 7) is 2.98. The van der Waals surface area contributed by atoms with Crippen LogP contribution in [0.3, 0.4) is 0 Å². The topological polar surface area (TPSA) is 107 Å². The van der Waals surface area contributed by atoms with Gasteiger partial charge in [0.25, 0.3) is 0 Å². The fourth-order valence-electron chi connectivity index (χ4n) is 3.26. The molecule has 0 aliphatic rings. The molecule has 3 aromatic rings. The maximum absolute atomic E-state index is 12.8. The Bertz CT molecular complexity index is 1290. The van der Waals surface area contributed by atoms with Crippen molar-refractivity contribution in [2.24, 2.45) is 0 Å². The molecule has 2 aromatic carbocycles. The summed E-state index contributed by atoms with van der Waals surface area (Å²) >= 11 is 0. The fourth-order valence-corrected chi connectivity index (χ4v) is 4.40. The maximum Gasteiger partial charge on any atom is 0.573 e. The third-order valence-electron chi connectivity index (χ3n) is 4.89. The zero-order chi connectivity index (χ0) is 23.9. The lowest BCUT2D eigenvalue weighted by Crippen LogP contribution is -2.27. The van der Waals surface area contributed by atoms with Gasteiger partial charge in [-0.05, 0) is 49.2 Å². The van der Waals surface area contributed by atoms with E-state index in [1.54, 1.807) is 0 Å². The molecule has 170 valence electrons. The van der Waals surface area contributed by atoms with E-state index in [-0.39, 0.29) is 34.5 Å². The Kier molecular flexibility index (Phi) is 5.88. The summed E-state index contributed by atoms with van der Waals surface area (Å²) in [7, 11) is -3.87. The Morgan fingerprint density at radius 3 is 2.31 bits per heavy atom. The first-order chi connectivity index (χ1) is 14.8. The largest absolute Gasteiger partial charge is 0.573 e. The van der Waals surface area contributed by atoms with Crippen LogP contribution in [-0.2, 0) is 15.6 Å². The molecule has 0 spiro atoms. The number of hydrogen-bond acceptors (Lipinski definition) is 6. The summed E-state index contributed by atoms with van der Waals surface area (Å²) in [5.74, 6) is 1.65. The number of aliphatic hydroxyl groups is 1. The molecule has 1 atom stereocenters. The molecular formula is C21H20F3N3O4S. The van der Waals surface area contributed by atoms with Gasteiger partial charge < -0.3 is 15.6 Å². The lowest BCUT2D eigenvalue weighted by molar-refractivity contribution is -0.274. The van der Waals surface area contributed by atoms with Crippen LogP contribution in [0.15, 0.2) is 42.5 Å². The Morgan fingerprint density at radius 1 is 1.19 bits per heavy atom. The van der Waals surface area contributed by atoms with E-state index in [2.05, 4.69) is 15.6 Å².